The Balaban J connectivity index is 3.28. The maximum atomic E-state index is 8.24. The SMILES string of the molecule is CN(C)CNC(O)(O)O. The van der Waals surface area contributed by atoms with Gasteiger partial charge in [0.05, 0.1) is 6.67 Å². The van der Waals surface area contributed by atoms with E-state index in [0.717, 1.165) is 0 Å². The molecule has 0 atom stereocenters. The van der Waals surface area contributed by atoms with Gasteiger partial charge in [-0.1, -0.05) is 0 Å². The van der Waals surface area contributed by atoms with E-state index >= 15 is 0 Å². The Hall–Kier alpha value is -0.200. The molecule has 0 saturated heterocycles. The molecular weight excluding hydrogens is 124 g/mol. The molecule has 0 spiro atoms. The molecule has 56 valence electrons. The van der Waals surface area contributed by atoms with Crippen molar-refractivity contribution in [2.24, 2.45) is 0 Å². The van der Waals surface area contributed by atoms with Crippen LogP contribution in [-0.2, 0) is 0 Å². The fraction of sp³-hybridized carbons (Fsp3) is 1.00. The third-order valence-electron chi connectivity index (χ3n) is 0.632. The van der Waals surface area contributed by atoms with Crippen molar-refractivity contribution >= 4 is 0 Å². The normalized spacial score (nSPS) is 12.7. The van der Waals surface area contributed by atoms with E-state index in [1.165, 1.54) is 0 Å². The molecule has 0 aliphatic heterocycles. The topological polar surface area (TPSA) is 76.0 Å². The van der Waals surface area contributed by atoms with Crippen LogP contribution in [0.3, 0.4) is 0 Å². The molecule has 9 heavy (non-hydrogen) atoms. The molecule has 5 heteroatoms. The summed E-state index contributed by atoms with van der Waals surface area (Å²) in [7, 11) is 3.44. The van der Waals surface area contributed by atoms with Crippen LogP contribution in [0.15, 0.2) is 0 Å². The van der Waals surface area contributed by atoms with Crippen LogP contribution >= 0.6 is 0 Å². The Morgan fingerprint density at radius 3 is 1.89 bits per heavy atom. The molecule has 4 N–H and O–H groups in total. The number of nitrogens with one attached hydrogen (secondary N) is 1. The number of hydrogen-bond acceptors (Lipinski definition) is 5. The lowest BCUT2D eigenvalue weighted by atomic mass is 10.8. The molecule has 0 aliphatic rings. The van der Waals surface area contributed by atoms with Gasteiger partial charge in [0.25, 0.3) is 0 Å². The van der Waals surface area contributed by atoms with Gasteiger partial charge in [-0.3, -0.25) is 4.90 Å². The predicted octanol–water partition coefficient (Wildman–Crippen LogP) is -2.32. The van der Waals surface area contributed by atoms with Crippen molar-refractivity contribution in [3.05, 3.63) is 0 Å². The van der Waals surface area contributed by atoms with Crippen LogP contribution in [0, 0.1) is 0 Å². The molecular formula is C4H12N2O3. The van der Waals surface area contributed by atoms with Crippen LogP contribution in [0.2, 0.25) is 0 Å². The molecule has 0 saturated carbocycles. The Kier molecular flexibility index (Phi) is 3.02. The summed E-state index contributed by atoms with van der Waals surface area (Å²) >= 11 is 0. The molecule has 0 aromatic heterocycles. The first-order valence-electron chi connectivity index (χ1n) is 2.49. The number of nitrogens with zero attached hydrogens (tertiary/aromatic N) is 1. The van der Waals surface area contributed by atoms with Crippen molar-refractivity contribution < 1.29 is 15.3 Å². The molecule has 0 fully saturated rings. The monoisotopic (exact) mass is 136 g/mol. The second-order valence-corrected chi connectivity index (χ2v) is 2.05. The minimum atomic E-state index is -2.76. The highest BCUT2D eigenvalue weighted by Crippen LogP contribution is 1.82. The first-order chi connectivity index (χ1) is 3.92. The Morgan fingerprint density at radius 2 is 1.78 bits per heavy atom. The largest absolute Gasteiger partial charge is 0.344 e. The van der Waals surface area contributed by atoms with Crippen molar-refractivity contribution in [1.82, 2.24) is 10.2 Å². The summed E-state index contributed by atoms with van der Waals surface area (Å²) in [4.78, 5) is 1.64. The van der Waals surface area contributed by atoms with Crippen molar-refractivity contribution in [2.45, 2.75) is 6.10 Å². The highest BCUT2D eigenvalue weighted by Gasteiger charge is 2.15. The van der Waals surface area contributed by atoms with Crippen molar-refractivity contribution in [2.75, 3.05) is 20.8 Å². The summed E-state index contributed by atoms with van der Waals surface area (Å²) in [5.41, 5.74) is 0. The molecule has 0 aromatic rings. The van der Waals surface area contributed by atoms with E-state index in [1.54, 1.807) is 19.0 Å². The van der Waals surface area contributed by atoms with Gasteiger partial charge in [-0.15, -0.1) is 0 Å². The van der Waals surface area contributed by atoms with Crippen LogP contribution in [0.4, 0.5) is 0 Å². The maximum Gasteiger partial charge on any atom is 0.344 e. The maximum absolute atomic E-state index is 8.24. The zero-order valence-corrected chi connectivity index (χ0v) is 5.50. The summed E-state index contributed by atoms with van der Waals surface area (Å²) in [6, 6.07) is 0. The van der Waals surface area contributed by atoms with Gasteiger partial charge in [0.1, 0.15) is 0 Å². The summed E-state index contributed by atoms with van der Waals surface area (Å²) in [6.07, 6.45) is -2.76. The third-order valence-corrected chi connectivity index (χ3v) is 0.632. The number of hydrogen-bond donors (Lipinski definition) is 4. The zero-order valence-electron chi connectivity index (χ0n) is 5.50. The third kappa shape index (κ3) is 7.80. The van der Waals surface area contributed by atoms with Gasteiger partial charge in [0.2, 0.25) is 0 Å². The number of rotatable bonds is 3. The molecule has 0 aliphatic carbocycles. The van der Waals surface area contributed by atoms with Crippen LogP contribution in [0.25, 0.3) is 0 Å². The quantitative estimate of drug-likeness (QED) is 0.328. The molecule has 0 radical (unpaired) electrons. The van der Waals surface area contributed by atoms with Gasteiger partial charge in [-0.05, 0) is 14.1 Å². The summed E-state index contributed by atoms with van der Waals surface area (Å²) in [5.74, 6) is 0. The molecule has 5 nitrogen and oxygen atoms in total. The first kappa shape index (κ1) is 8.80. The lowest BCUT2D eigenvalue weighted by Crippen LogP contribution is -2.48. The van der Waals surface area contributed by atoms with Crippen LogP contribution in [0.1, 0.15) is 0 Å². The van der Waals surface area contributed by atoms with E-state index in [-0.39, 0.29) is 6.67 Å². The fourth-order valence-electron chi connectivity index (χ4n) is 0.264. The van der Waals surface area contributed by atoms with E-state index in [9.17, 15) is 0 Å². The van der Waals surface area contributed by atoms with Gasteiger partial charge < -0.3 is 15.3 Å². The van der Waals surface area contributed by atoms with Gasteiger partial charge in [-0.2, -0.15) is 0 Å². The van der Waals surface area contributed by atoms with Gasteiger partial charge in [0, 0.05) is 0 Å². The standard InChI is InChI=1S/C4H12N2O3/c1-6(2)3-5-4(7,8)9/h5,7-9H,3H2,1-2H3. The number of aliphatic hydroxyl groups is 3. The smallest absolute Gasteiger partial charge is 0.330 e. The van der Waals surface area contributed by atoms with E-state index in [4.69, 9.17) is 15.3 Å². The average molecular weight is 136 g/mol. The van der Waals surface area contributed by atoms with Crippen LogP contribution < -0.4 is 5.32 Å². The minimum Gasteiger partial charge on any atom is -0.330 e. The van der Waals surface area contributed by atoms with E-state index < -0.39 is 6.10 Å². The van der Waals surface area contributed by atoms with E-state index in [0.29, 0.717) is 0 Å². The summed E-state index contributed by atoms with van der Waals surface area (Å²) in [6.45, 7) is 0.198. The molecule has 0 aromatic carbocycles. The molecule has 0 heterocycles. The summed E-state index contributed by atoms with van der Waals surface area (Å²) in [5, 5.41) is 26.7. The molecule has 0 bridgehead atoms. The first-order valence-corrected chi connectivity index (χ1v) is 2.49. The fourth-order valence-corrected chi connectivity index (χ4v) is 0.264. The van der Waals surface area contributed by atoms with Gasteiger partial charge in [-0.25, -0.2) is 5.32 Å². The summed E-state index contributed by atoms with van der Waals surface area (Å²) < 4.78 is 0. The Labute approximate surface area is 53.5 Å². The van der Waals surface area contributed by atoms with Crippen molar-refractivity contribution in [1.29, 1.82) is 0 Å². The van der Waals surface area contributed by atoms with Crippen LogP contribution in [0.5, 0.6) is 0 Å². The highest BCUT2D eigenvalue weighted by molar-refractivity contribution is 4.42. The Morgan fingerprint density at radius 1 is 1.33 bits per heavy atom. The molecule has 0 unspecified atom stereocenters. The van der Waals surface area contributed by atoms with Gasteiger partial charge in [0.15, 0.2) is 0 Å². The van der Waals surface area contributed by atoms with Crippen molar-refractivity contribution in [3.63, 3.8) is 0 Å². The lowest BCUT2D eigenvalue weighted by Gasteiger charge is -2.18. The second-order valence-electron chi connectivity index (χ2n) is 2.05. The molecule has 0 amide bonds. The molecule has 0 rings (SSSR count). The van der Waals surface area contributed by atoms with Crippen LogP contribution in [-0.4, -0.2) is 47.1 Å². The average Bonchev–Trinajstić information content (AvgIpc) is 1.59. The Bertz CT molecular complexity index is 78.4. The zero-order chi connectivity index (χ0) is 7.49. The van der Waals surface area contributed by atoms with Gasteiger partial charge >= 0.3 is 6.10 Å². The minimum absolute atomic E-state index is 0.198. The highest BCUT2D eigenvalue weighted by atomic mass is 16.7. The van der Waals surface area contributed by atoms with E-state index in [2.05, 4.69) is 0 Å². The second kappa shape index (κ2) is 3.09. The van der Waals surface area contributed by atoms with Crippen molar-refractivity contribution in [3.8, 4) is 0 Å². The predicted molar refractivity (Wildman–Crippen MR) is 31.1 cm³/mol. The van der Waals surface area contributed by atoms with E-state index in [1.807, 2.05) is 5.32 Å². The lowest BCUT2D eigenvalue weighted by molar-refractivity contribution is -0.333.